The molecular weight excluding hydrogens is 352 g/mol. The molecule has 0 spiro atoms. The van der Waals surface area contributed by atoms with Crippen LogP contribution in [0.5, 0.6) is 0 Å². The highest BCUT2D eigenvalue weighted by Gasteiger charge is 2.09. The van der Waals surface area contributed by atoms with Crippen LogP contribution < -0.4 is 5.32 Å². The Kier molecular flexibility index (Phi) is 5.77. The number of nitrogens with zero attached hydrogens (tertiary/aromatic N) is 3. The molecule has 1 amide bonds. The van der Waals surface area contributed by atoms with E-state index in [1.807, 2.05) is 42.5 Å². The Bertz CT molecular complexity index is 885. The van der Waals surface area contributed by atoms with Gasteiger partial charge in [-0.25, -0.2) is 0 Å². The Labute approximate surface area is 153 Å². The Morgan fingerprint density at radius 2 is 1.84 bits per heavy atom. The summed E-state index contributed by atoms with van der Waals surface area (Å²) in [7, 11) is 0. The van der Waals surface area contributed by atoms with Gasteiger partial charge in [0.1, 0.15) is 0 Å². The summed E-state index contributed by atoms with van der Waals surface area (Å²) in [4.78, 5) is 12.0. The van der Waals surface area contributed by atoms with Gasteiger partial charge in [-0.1, -0.05) is 65.6 Å². The van der Waals surface area contributed by atoms with Crippen molar-refractivity contribution in [2.75, 3.05) is 5.32 Å². The van der Waals surface area contributed by atoms with Gasteiger partial charge < -0.3 is 5.32 Å². The summed E-state index contributed by atoms with van der Waals surface area (Å²) >= 11 is 2.90. The highest BCUT2D eigenvalue weighted by Crippen LogP contribution is 2.28. The van der Waals surface area contributed by atoms with Crippen LogP contribution in [0.1, 0.15) is 16.7 Å². The number of hydrogen-bond donors (Lipinski definition) is 1. The number of carbonyl (C=O) groups is 1. The van der Waals surface area contributed by atoms with E-state index in [0.717, 1.165) is 21.2 Å². The maximum atomic E-state index is 12.0. The van der Waals surface area contributed by atoms with Crippen molar-refractivity contribution < 1.29 is 4.79 Å². The van der Waals surface area contributed by atoms with Crippen molar-refractivity contribution in [2.45, 2.75) is 16.5 Å². The summed E-state index contributed by atoms with van der Waals surface area (Å²) in [6.45, 7) is 0. The number of benzene rings is 2. The molecule has 25 heavy (non-hydrogen) atoms. The fourth-order valence-electron chi connectivity index (χ4n) is 2.08. The Morgan fingerprint density at radius 3 is 2.56 bits per heavy atom. The maximum Gasteiger partial charge on any atom is 0.230 e. The van der Waals surface area contributed by atoms with Crippen molar-refractivity contribution in [1.29, 1.82) is 5.26 Å². The molecule has 3 aromatic rings. The smallest absolute Gasteiger partial charge is 0.230 e. The summed E-state index contributed by atoms with van der Waals surface area (Å²) in [5.41, 5.74) is 2.71. The number of amides is 1. The van der Waals surface area contributed by atoms with Gasteiger partial charge >= 0.3 is 0 Å². The van der Waals surface area contributed by atoms with Crippen LogP contribution in [-0.4, -0.2) is 16.1 Å². The molecule has 124 valence electrons. The predicted molar refractivity (Wildman–Crippen MR) is 99.4 cm³/mol. The first-order chi connectivity index (χ1) is 12.2. The largest absolute Gasteiger partial charge is 0.300 e. The monoisotopic (exact) mass is 366 g/mol. The number of aromatic nitrogens is 2. The Hall–Kier alpha value is -2.69. The molecule has 0 aliphatic rings. The first kappa shape index (κ1) is 17.1. The third-order valence-electron chi connectivity index (χ3n) is 3.31. The second-order valence-corrected chi connectivity index (χ2v) is 7.38. The number of nitriles is 1. The minimum atomic E-state index is -0.106. The third kappa shape index (κ3) is 5.14. The number of carbonyl (C=O) groups excluding carboxylic acids is 1. The molecule has 0 unspecified atom stereocenters. The molecule has 2 aromatic carbocycles. The van der Waals surface area contributed by atoms with Gasteiger partial charge in [-0.3, -0.25) is 4.79 Å². The van der Waals surface area contributed by atoms with Crippen molar-refractivity contribution in [2.24, 2.45) is 0 Å². The lowest BCUT2D eigenvalue weighted by Crippen LogP contribution is -2.14. The molecule has 5 nitrogen and oxygen atoms in total. The van der Waals surface area contributed by atoms with E-state index in [0.29, 0.717) is 17.1 Å². The average Bonchev–Trinajstić information content (AvgIpc) is 3.08. The number of anilines is 1. The van der Waals surface area contributed by atoms with E-state index in [-0.39, 0.29) is 5.91 Å². The van der Waals surface area contributed by atoms with Crippen LogP contribution >= 0.6 is 23.1 Å². The molecular formula is C18H14N4OS2. The Morgan fingerprint density at radius 1 is 1.08 bits per heavy atom. The highest BCUT2D eigenvalue weighted by molar-refractivity contribution is 8.00. The SMILES string of the molecule is N#Cc1ccc(CSc2nnc(NC(=O)Cc3ccccc3)s2)cc1. The van der Waals surface area contributed by atoms with Crippen molar-refractivity contribution in [1.82, 2.24) is 10.2 Å². The van der Waals surface area contributed by atoms with E-state index in [2.05, 4.69) is 21.6 Å². The Balaban J connectivity index is 1.51. The summed E-state index contributed by atoms with van der Waals surface area (Å²) < 4.78 is 0.791. The minimum Gasteiger partial charge on any atom is -0.300 e. The van der Waals surface area contributed by atoms with Gasteiger partial charge in [0.2, 0.25) is 11.0 Å². The average molecular weight is 366 g/mol. The van der Waals surface area contributed by atoms with E-state index in [9.17, 15) is 4.79 Å². The second-order valence-electron chi connectivity index (χ2n) is 5.18. The molecule has 0 bridgehead atoms. The molecule has 0 saturated heterocycles. The quantitative estimate of drug-likeness (QED) is 0.529. The molecule has 7 heteroatoms. The lowest BCUT2D eigenvalue weighted by Gasteiger charge is -2.01. The van der Waals surface area contributed by atoms with Crippen molar-refractivity contribution >= 4 is 34.1 Å². The first-order valence-corrected chi connectivity index (χ1v) is 9.32. The van der Waals surface area contributed by atoms with Gasteiger partial charge in [0.25, 0.3) is 0 Å². The highest BCUT2D eigenvalue weighted by atomic mass is 32.2. The minimum absolute atomic E-state index is 0.106. The van der Waals surface area contributed by atoms with Crippen molar-refractivity contribution in [3.63, 3.8) is 0 Å². The van der Waals surface area contributed by atoms with Gasteiger partial charge in [0, 0.05) is 5.75 Å². The molecule has 0 aliphatic carbocycles. The van der Waals surface area contributed by atoms with Crippen LogP contribution in [0.15, 0.2) is 58.9 Å². The van der Waals surface area contributed by atoms with Crippen LogP contribution in [0, 0.1) is 11.3 Å². The number of hydrogen-bond acceptors (Lipinski definition) is 6. The van der Waals surface area contributed by atoms with E-state index >= 15 is 0 Å². The second kappa shape index (κ2) is 8.42. The zero-order valence-corrected chi connectivity index (χ0v) is 14.8. The number of thioether (sulfide) groups is 1. The molecule has 1 N–H and O–H groups in total. The molecule has 3 rings (SSSR count). The van der Waals surface area contributed by atoms with Crippen LogP contribution in [0.4, 0.5) is 5.13 Å². The van der Waals surface area contributed by atoms with Gasteiger partial charge in [-0.05, 0) is 23.3 Å². The summed E-state index contributed by atoms with van der Waals surface area (Å²) in [6, 6.07) is 19.1. The van der Waals surface area contributed by atoms with E-state index in [1.54, 1.807) is 23.9 Å². The fourth-order valence-corrected chi connectivity index (χ4v) is 3.81. The van der Waals surface area contributed by atoms with E-state index in [4.69, 9.17) is 5.26 Å². The van der Waals surface area contributed by atoms with Gasteiger partial charge in [0.15, 0.2) is 4.34 Å². The van der Waals surface area contributed by atoms with Gasteiger partial charge in [-0.15, -0.1) is 10.2 Å². The lowest BCUT2D eigenvalue weighted by molar-refractivity contribution is -0.115. The molecule has 0 saturated carbocycles. The molecule has 0 aliphatic heterocycles. The molecule has 1 aromatic heterocycles. The molecule has 1 heterocycles. The van der Waals surface area contributed by atoms with Crippen LogP contribution in [-0.2, 0) is 17.0 Å². The van der Waals surface area contributed by atoms with Crippen LogP contribution in [0.3, 0.4) is 0 Å². The van der Waals surface area contributed by atoms with Crippen molar-refractivity contribution in [3.05, 3.63) is 71.3 Å². The zero-order chi connectivity index (χ0) is 17.5. The summed E-state index contributed by atoms with van der Waals surface area (Å²) in [6.07, 6.45) is 0.314. The van der Waals surface area contributed by atoms with Gasteiger partial charge in [-0.2, -0.15) is 5.26 Å². The number of nitrogens with one attached hydrogen (secondary N) is 1. The van der Waals surface area contributed by atoms with Crippen LogP contribution in [0.25, 0.3) is 0 Å². The standard InChI is InChI=1S/C18H14N4OS2/c19-11-14-6-8-15(9-7-14)12-24-18-22-21-17(25-18)20-16(23)10-13-4-2-1-3-5-13/h1-9H,10,12H2,(H,20,21,23). The fraction of sp³-hybridized carbons (Fsp3) is 0.111. The topological polar surface area (TPSA) is 78.7 Å². The van der Waals surface area contributed by atoms with Crippen LogP contribution in [0.2, 0.25) is 0 Å². The zero-order valence-electron chi connectivity index (χ0n) is 13.2. The van der Waals surface area contributed by atoms with E-state index in [1.165, 1.54) is 11.3 Å². The predicted octanol–water partition coefficient (Wildman–Crippen LogP) is 3.88. The molecule has 0 atom stereocenters. The van der Waals surface area contributed by atoms with E-state index < -0.39 is 0 Å². The summed E-state index contributed by atoms with van der Waals surface area (Å²) in [5, 5.41) is 20.2. The molecule has 0 radical (unpaired) electrons. The lowest BCUT2D eigenvalue weighted by atomic mass is 10.1. The number of rotatable bonds is 6. The first-order valence-electron chi connectivity index (χ1n) is 7.52. The third-order valence-corrected chi connectivity index (χ3v) is 5.35. The molecule has 0 fully saturated rings. The van der Waals surface area contributed by atoms with Gasteiger partial charge in [0.05, 0.1) is 18.1 Å². The normalized spacial score (nSPS) is 10.2. The maximum absolute atomic E-state index is 12.0. The summed E-state index contributed by atoms with van der Waals surface area (Å²) in [5.74, 6) is 0.629. The van der Waals surface area contributed by atoms with Crippen molar-refractivity contribution in [3.8, 4) is 6.07 Å².